The zero-order valence-electron chi connectivity index (χ0n) is 16.5. The van der Waals surface area contributed by atoms with Crippen LogP contribution in [0.5, 0.6) is 0 Å². The van der Waals surface area contributed by atoms with Gasteiger partial charge in [-0.15, -0.1) is 30.7 Å². The third-order valence-electron chi connectivity index (χ3n) is 2.73. The molecule has 2 aromatic heterocycles. The maximum atomic E-state index is 11.6. The van der Waals surface area contributed by atoms with E-state index in [1.807, 2.05) is 10.9 Å². The number of amidine groups is 2. The summed E-state index contributed by atoms with van der Waals surface area (Å²) in [5, 5.41) is 7.24. The van der Waals surface area contributed by atoms with Gasteiger partial charge in [0.1, 0.15) is 0 Å². The van der Waals surface area contributed by atoms with Crippen molar-refractivity contribution in [1.82, 2.24) is 10.9 Å². The summed E-state index contributed by atoms with van der Waals surface area (Å²) in [6, 6.07) is 10.3. The summed E-state index contributed by atoms with van der Waals surface area (Å²) in [6.07, 6.45) is 3.29. The number of nitrogens with two attached hydrogens (primary N) is 2. The number of hydrogen-bond donors (Lipinski definition) is 4. The lowest BCUT2D eigenvalue weighted by molar-refractivity contribution is -2.00. The number of halogens is 2. The Kier molecular flexibility index (Phi) is 13.0. The van der Waals surface area contributed by atoms with Crippen LogP contribution in [0, 0.1) is 20.5 Å². The van der Waals surface area contributed by atoms with Crippen molar-refractivity contribution in [3.05, 3.63) is 60.2 Å². The molecule has 0 radical (unpaired) electrons. The van der Waals surface area contributed by atoms with Gasteiger partial charge in [0.15, 0.2) is 12.4 Å². The molecule has 0 aliphatic rings. The van der Waals surface area contributed by atoms with Crippen LogP contribution in [0.4, 0.5) is 0 Å². The van der Waals surface area contributed by atoms with Gasteiger partial charge < -0.3 is 11.5 Å². The minimum atomic E-state index is -4.94. The fourth-order valence-corrected chi connectivity index (χ4v) is 1.55. The van der Waals surface area contributed by atoms with Crippen LogP contribution in [-0.4, -0.2) is 23.5 Å². The Balaban J connectivity index is 0.000000916. The van der Waals surface area contributed by atoms with Gasteiger partial charge in [-0.1, -0.05) is 0 Å². The van der Waals surface area contributed by atoms with Crippen molar-refractivity contribution in [1.29, 1.82) is 0 Å². The molecule has 2 heterocycles. The quantitative estimate of drug-likeness (QED) is 0.125. The molecule has 34 heavy (non-hydrogen) atoms. The molecule has 2 amide bonds. The molecule has 0 unspecified atom stereocenters. The first kappa shape index (κ1) is 30.4. The molecule has 20 heteroatoms. The monoisotopic (exact) mass is 526 g/mol. The molecule has 0 saturated carbocycles. The van der Waals surface area contributed by atoms with Crippen molar-refractivity contribution in [2.45, 2.75) is 0 Å². The third kappa shape index (κ3) is 18.1. The summed E-state index contributed by atoms with van der Waals surface area (Å²) in [6.45, 7) is 0. The fraction of sp³-hybridized carbons (Fsp3) is 0. The predicted molar refractivity (Wildman–Crippen MR) is 83.7 cm³/mol. The van der Waals surface area contributed by atoms with Crippen LogP contribution in [0.1, 0.15) is 11.4 Å². The van der Waals surface area contributed by atoms with Crippen molar-refractivity contribution in [2.24, 2.45) is 21.7 Å². The van der Waals surface area contributed by atoms with E-state index in [-0.39, 0.29) is 11.7 Å². The van der Waals surface area contributed by atoms with E-state index in [2.05, 4.69) is 20.2 Å². The van der Waals surface area contributed by atoms with Crippen molar-refractivity contribution >= 4 is 23.5 Å². The van der Waals surface area contributed by atoms with E-state index >= 15 is 0 Å². The molecule has 8 N–H and O–H groups in total. The van der Waals surface area contributed by atoms with Crippen LogP contribution in [0.25, 0.3) is 0 Å². The molecule has 0 bridgehead atoms. The molecule has 0 saturated heterocycles. The lowest BCUT2D eigenvalue weighted by Crippen LogP contribution is -2.68. The van der Waals surface area contributed by atoms with Gasteiger partial charge in [-0.2, -0.15) is 0 Å². The van der Waals surface area contributed by atoms with Crippen molar-refractivity contribution < 1.29 is 77.3 Å². The van der Waals surface area contributed by atoms with Gasteiger partial charge in [0.05, 0.1) is 0 Å². The Bertz CT molecular complexity index is 876. The number of H-pyrrole nitrogens is 2. The summed E-state index contributed by atoms with van der Waals surface area (Å²) >= 11 is 0. The number of aromatic amines is 2. The maximum Gasteiger partial charge on any atom is 0.331 e. The van der Waals surface area contributed by atoms with Crippen LogP contribution in [-0.2, 0) is 9.59 Å². The van der Waals surface area contributed by atoms with E-state index < -0.39 is 32.3 Å². The standard InChI is InChI=1S/C14H14N8O2.2ClHO4/c15-11(9-5-1-3-7-17-9)19-21-13(23)14(24)22-20-12(16)10-6-2-4-8-18-10;2*2-1(3,4)5/h1-8H,(H2,15,19)(H2,16,20)(H,21,23)(H,22,24);2*(H,2,3,4,5). The third-order valence-corrected chi connectivity index (χ3v) is 2.73. The van der Waals surface area contributed by atoms with Gasteiger partial charge in [0.2, 0.25) is 23.1 Å². The number of hydrogen-bond acceptors (Lipinski definition) is 12. The number of amides is 2. The summed E-state index contributed by atoms with van der Waals surface area (Å²) in [4.78, 5) is 28.9. The average Bonchev–Trinajstić information content (AvgIpc) is 2.74. The number of hydrazone groups is 2. The first-order valence-electron chi connectivity index (χ1n) is 8.02. The Morgan fingerprint density at radius 3 is 1.21 bits per heavy atom. The lowest BCUT2D eigenvalue weighted by atomic mass is 10.3. The first-order valence-corrected chi connectivity index (χ1v) is 10.5. The molecule has 186 valence electrons. The minimum absolute atomic E-state index is 0.0126. The molecule has 2 aromatic rings. The van der Waals surface area contributed by atoms with Gasteiger partial charge in [-0.05, 0) is 12.1 Å². The van der Waals surface area contributed by atoms with E-state index in [0.29, 0.717) is 11.4 Å². The molecule has 0 aliphatic heterocycles. The van der Waals surface area contributed by atoms with Gasteiger partial charge in [0, 0.05) is 24.3 Å². The number of carbonyl (C=O) groups is 2. The number of pyridine rings is 2. The van der Waals surface area contributed by atoms with Gasteiger partial charge in [-0.3, -0.25) is 9.59 Å². The zero-order chi connectivity index (χ0) is 26.4. The van der Waals surface area contributed by atoms with Crippen molar-refractivity contribution in [2.75, 3.05) is 0 Å². The Morgan fingerprint density at radius 2 is 0.971 bits per heavy atom. The maximum absolute atomic E-state index is 11.6. The summed E-state index contributed by atoms with van der Waals surface area (Å²) in [7, 11) is -9.89. The smallest absolute Gasteiger partial charge is 0.331 e. The second kappa shape index (κ2) is 14.6. The highest BCUT2D eigenvalue weighted by Gasteiger charge is 2.14. The van der Waals surface area contributed by atoms with Crippen LogP contribution >= 0.6 is 0 Å². The number of aromatic nitrogens is 2. The van der Waals surface area contributed by atoms with E-state index in [1.165, 1.54) is 0 Å². The second-order valence-electron chi connectivity index (χ2n) is 5.18. The highest BCUT2D eigenvalue weighted by Crippen LogP contribution is 1.88. The van der Waals surface area contributed by atoms with Crippen LogP contribution < -0.4 is 69.6 Å². The fourth-order valence-electron chi connectivity index (χ4n) is 1.55. The molecule has 0 aromatic carbocycles. The molecule has 0 fully saturated rings. The Hall–Kier alpha value is -3.56. The van der Waals surface area contributed by atoms with Crippen molar-refractivity contribution in [3.63, 3.8) is 0 Å². The van der Waals surface area contributed by atoms with Crippen LogP contribution in [0.15, 0.2) is 59.0 Å². The highest BCUT2D eigenvalue weighted by atomic mass is 35.7. The largest absolute Gasteiger partial charge is 0.377 e. The van der Waals surface area contributed by atoms with Crippen LogP contribution in [0.3, 0.4) is 0 Å². The Morgan fingerprint density at radius 1 is 0.676 bits per heavy atom. The number of rotatable bonds is 4. The lowest BCUT2D eigenvalue weighted by Gasteiger charge is -2.17. The molecule has 2 rings (SSSR count). The molecular weight excluding hydrogens is 511 g/mol. The van der Waals surface area contributed by atoms with Crippen molar-refractivity contribution in [3.8, 4) is 0 Å². The Labute approximate surface area is 194 Å². The van der Waals surface area contributed by atoms with Crippen LogP contribution in [0.2, 0.25) is 0 Å². The number of nitrogens with zero attached hydrogens (tertiary/aromatic N) is 2. The zero-order valence-corrected chi connectivity index (χ0v) is 18.0. The second-order valence-corrected chi connectivity index (χ2v) is 6.70. The average molecular weight is 527 g/mol. The number of carbonyl (C=O) groups excluding carboxylic acids is 2. The SMILES string of the molecule is N/C(=N\NC(=O)C(=O)N/N=C(\N)c1cccc[nH+]1)c1cccc[nH+]1.[O-][Cl+3]([O-])([O-])[O-].[O-][Cl+3]([O-])([O-])[O-]. The van der Waals surface area contributed by atoms with E-state index in [4.69, 9.17) is 48.7 Å². The topological polar surface area (TPSA) is 348 Å². The predicted octanol–water partition coefficient (Wildman–Crippen LogP) is -12.0. The first-order chi connectivity index (χ1) is 15.6. The van der Waals surface area contributed by atoms with E-state index in [0.717, 1.165) is 0 Å². The minimum Gasteiger partial charge on any atom is -0.377 e. The van der Waals surface area contributed by atoms with Gasteiger partial charge in [-0.25, -0.2) is 58.1 Å². The molecule has 0 aliphatic carbocycles. The normalized spacial score (nSPS) is 11.8. The van der Waals surface area contributed by atoms with Gasteiger partial charge >= 0.3 is 11.8 Å². The van der Waals surface area contributed by atoms with E-state index in [1.54, 1.807) is 48.8 Å². The summed E-state index contributed by atoms with van der Waals surface area (Å²) in [5.41, 5.74) is 16.3. The highest BCUT2D eigenvalue weighted by molar-refractivity contribution is 6.35. The van der Waals surface area contributed by atoms with Gasteiger partial charge in [0.25, 0.3) is 0 Å². The number of nitrogens with one attached hydrogen (secondary N) is 4. The summed E-state index contributed by atoms with van der Waals surface area (Å²) < 4.78 is 67.9. The molecule has 18 nitrogen and oxygen atoms in total. The summed E-state index contributed by atoms with van der Waals surface area (Å²) in [5.74, 6) is -2.05. The molecular formula is C14H16Cl2N8O10. The molecule has 0 atom stereocenters. The van der Waals surface area contributed by atoms with E-state index in [9.17, 15) is 9.59 Å². The molecule has 0 spiro atoms.